The maximum atomic E-state index is 11.7. The van der Waals surface area contributed by atoms with Crippen LogP contribution in [0.3, 0.4) is 0 Å². The Morgan fingerprint density at radius 1 is 1.44 bits per heavy atom. The highest BCUT2D eigenvalue weighted by Crippen LogP contribution is 2.29. The van der Waals surface area contributed by atoms with Gasteiger partial charge in [0.2, 0.25) is 11.8 Å². The van der Waals surface area contributed by atoms with Gasteiger partial charge in [0.05, 0.1) is 12.0 Å². The Kier molecular flexibility index (Phi) is 2.53. The van der Waals surface area contributed by atoms with E-state index in [4.69, 9.17) is 5.11 Å². The molecular weight excluding hydrogens is 210 g/mol. The smallest absolute Gasteiger partial charge is 0.310 e. The molecular formula is C11H13NO4. The number of rotatable bonds is 2. The van der Waals surface area contributed by atoms with Gasteiger partial charge in [0, 0.05) is 12.3 Å². The number of carbonyl (C=O) groups excluding carboxylic acids is 2. The van der Waals surface area contributed by atoms with Gasteiger partial charge < -0.3 is 5.11 Å². The number of amides is 2. The molecule has 1 aliphatic carbocycles. The van der Waals surface area contributed by atoms with Crippen molar-refractivity contribution < 1.29 is 19.5 Å². The molecule has 0 aromatic rings. The lowest BCUT2D eigenvalue weighted by Crippen LogP contribution is -2.38. The zero-order valence-corrected chi connectivity index (χ0v) is 8.92. The van der Waals surface area contributed by atoms with Crippen molar-refractivity contribution in [3.05, 3.63) is 12.2 Å². The minimum atomic E-state index is -0.911. The van der Waals surface area contributed by atoms with Crippen molar-refractivity contribution in [2.75, 3.05) is 0 Å². The number of hydrogen-bond acceptors (Lipinski definition) is 3. The van der Waals surface area contributed by atoms with Gasteiger partial charge in [-0.1, -0.05) is 19.1 Å². The summed E-state index contributed by atoms with van der Waals surface area (Å²) in [6.45, 7) is 1.72. The lowest BCUT2D eigenvalue weighted by atomic mass is 10.1. The Labute approximate surface area is 92.7 Å². The van der Waals surface area contributed by atoms with Crippen LogP contribution in [-0.2, 0) is 14.4 Å². The minimum Gasteiger partial charge on any atom is -0.481 e. The van der Waals surface area contributed by atoms with Crippen molar-refractivity contribution in [3.8, 4) is 0 Å². The molecule has 0 aromatic carbocycles. The maximum absolute atomic E-state index is 11.7. The SMILES string of the molecule is CC1CC(=O)N(C2C=CC(C(=O)O)C2)C1=O. The number of aliphatic carboxylic acids is 1. The summed E-state index contributed by atoms with van der Waals surface area (Å²) in [6.07, 6.45) is 3.74. The molecule has 2 aliphatic rings. The Hall–Kier alpha value is -1.65. The van der Waals surface area contributed by atoms with Crippen molar-refractivity contribution in [1.82, 2.24) is 4.90 Å². The fourth-order valence-corrected chi connectivity index (χ4v) is 2.21. The van der Waals surface area contributed by atoms with Gasteiger partial charge in [-0.25, -0.2) is 0 Å². The molecule has 3 atom stereocenters. The molecule has 5 heteroatoms. The van der Waals surface area contributed by atoms with Crippen LogP contribution in [0.1, 0.15) is 19.8 Å². The molecule has 16 heavy (non-hydrogen) atoms. The average Bonchev–Trinajstić information content (AvgIpc) is 2.74. The van der Waals surface area contributed by atoms with E-state index in [9.17, 15) is 14.4 Å². The van der Waals surface area contributed by atoms with Crippen LogP contribution >= 0.6 is 0 Å². The van der Waals surface area contributed by atoms with E-state index in [0.717, 1.165) is 0 Å². The molecule has 0 saturated carbocycles. The fourth-order valence-electron chi connectivity index (χ4n) is 2.21. The molecule has 2 amide bonds. The molecule has 1 fully saturated rings. The van der Waals surface area contributed by atoms with Crippen molar-refractivity contribution in [2.45, 2.75) is 25.8 Å². The van der Waals surface area contributed by atoms with E-state index in [-0.39, 0.29) is 30.2 Å². The van der Waals surface area contributed by atoms with Crippen LogP contribution in [0.4, 0.5) is 0 Å². The Bertz CT molecular complexity index is 387. The van der Waals surface area contributed by atoms with Crippen molar-refractivity contribution in [2.24, 2.45) is 11.8 Å². The molecule has 1 N–H and O–H groups in total. The topological polar surface area (TPSA) is 74.7 Å². The molecule has 1 saturated heterocycles. The van der Waals surface area contributed by atoms with Crippen LogP contribution in [-0.4, -0.2) is 33.8 Å². The first-order valence-corrected chi connectivity index (χ1v) is 5.27. The third kappa shape index (κ3) is 1.62. The molecule has 1 heterocycles. The normalized spacial score (nSPS) is 33.8. The molecule has 0 aromatic heterocycles. The number of imide groups is 1. The quantitative estimate of drug-likeness (QED) is 0.543. The summed E-state index contributed by atoms with van der Waals surface area (Å²) in [5.74, 6) is -2.15. The maximum Gasteiger partial charge on any atom is 0.310 e. The van der Waals surface area contributed by atoms with Gasteiger partial charge in [-0.2, -0.15) is 0 Å². The third-order valence-corrected chi connectivity index (χ3v) is 3.12. The van der Waals surface area contributed by atoms with E-state index in [2.05, 4.69) is 0 Å². The second-order valence-corrected chi connectivity index (χ2v) is 4.34. The summed E-state index contributed by atoms with van der Waals surface area (Å²) in [5, 5.41) is 8.82. The third-order valence-electron chi connectivity index (χ3n) is 3.12. The molecule has 0 radical (unpaired) electrons. The first-order valence-electron chi connectivity index (χ1n) is 5.27. The van der Waals surface area contributed by atoms with E-state index >= 15 is 0 Å². The Morgan fingerprint density at radius 2 is 2.12 bits per heavy atom. The molecule has 5 nitrogen and oxygen atoms in total. The highest BCUT2D eigenvalue weighted by atomic mass is 16.4. The van der Waals surface area contributed by atoms with Gasteiger partial charge in [0.1, 0.15) is 0 Å². The number of hydrogen-bond donors (Lipinski definition) is 1. The predicted octanol–water partition coefficient (Wildman–Crippen LogP) is 0.411. The summed E-state index contributed by atoms with van der Waals surface area (Å²) in [6, 6.07) is -0.369. The summed E-state index contributed by atoms with van der Waals surface area (Å²) >= 11 is 0. The predicted molar refractivity (Wildman–Crippen MR) is 54.3 cm³/mol. The molecule has 0 bridgehead atoms. The summed E-state index contributed by atoms with van der Waals surface area (Å²) in [7, 11) is 0. The Balaban J connectivity index is 2.11. The van der Waals surface area contributed by atoms with Crippen LogP contribution < -0.4 is 0 Å². The van der Waals surface area contributed by atoms with Crippen LogP contribution in [0.2, 0.25) is 0 Å². The fraction of sp³-hybridized carbons (Fsp3) is 0.545. The zero-order valence-electron chi connectivity index (χ0n) is 8.92. The van der Waals surface area contributed by atoms with Crippen LogP contribution in [0, 0.1) is 11.8 Å². The number of nitrogens with zero attached hydrogens (tertiary/aromatic N) is 1. The first kappa shape index (κ1) is 10.9. The molecule has 1 aliphatic heterocycles. The molecule has 3 unspecified atom stereocenters. The first-order chi connectivity index (χ1) is 7.50. The van der Waals surface area contributed by atoms with Crippen LogP contribution in [0.25, 0.3) is 0 Å². The van der Waals surface area contributed by atoms with Crippen molar-refractivity contribution >= 4 is 17.8 Å². The molecule has 0 spiro atoms. The standard InChI is InChI=1S/C11H13NO4/c1-6-4-9(13)12(10(6)14)8-3-2-7(5-8)11(15)16/h2-3,6-8H,4-5H2,1H3,(H,15,16). The van der Waals surface area contributed by atoms with Gasteiger partial charge in [-0.3, -0.25) is 19.3 Å². The highest BCUT2D eigenvalue weighted by molar-refractivity contribution is 6.04. The average molecular weight is 223 g/mol. The number of likely N-dealkylation sites (tertiary alicyclic amines) is 1. The van der Waals surface area contributed by atoms with E-state index in [1.807, 2.05) is 0 Å². The summed E-state index contributed by atoms with van der Waals surface area (Å²) in [4.78, 5) is 35.2. The number of carboxylic acid groups (broad SMARTS) is 1. The second kappa shape index (κ2) is 3.73. The van der Waals surface area contributed by atoms with Gasteiger partial charge in [0.15, 0.2) is 0 Å². The van der Waals surface area contributed by atoms with Crippen molar-refractivity contribution in [1.29, 1.82) is 0 Å². The van der Waals surface area contributed by atoms with Gasteiger partial charge in [-0.15, -0.1) is 0 Å². The van der Waals surface area contributed by atoms with E-state index in [1.54, 1.807) is 19.1 Å². The van der Waals surface area contributed by atoms with Crippen molar-refractivity contribution in [3.63, 3.8) is 0 Å². The van der Waals surface area contributed by atoms with Crippen LogP contribution in [0.15, 0.2) is 12.2 Å². The van der Waals surface area contributed by atoms with Gasteiger partial charge in [0.25, 0.3) is 0 Å². The second-order valence-electron chi connectivity index (χ2n) is 4.34. The number of carboxylic acids is 1. The van der Waals surface area contributed by atoms with E-state index in [1.165, 1.54) is 4.90 Å². The number of carbonyl (C=O) groups is 3. The highest BCUT2D eigenvalue weighted by Gasteiger charge is 2.41. The van der Waals surface area contributed by atoms with E-state index < -0.39 is 11.9 Å². The molecule has 2 rings (SSSR count). The lowest BCUT2D eigenvalue weighted by molar-refractivity contribution is -0.144. The largest absolute Gasteiger partial charge is 0.481 e. The summed E-state index contributed by atoms with van der Waals surface area (Å²) in [5.41, 5.74) is 0. The van der Waals surface area contributed by atoms with Gasteiger partial charge >= 0.3 is 5.97 Å². The van der Waals surface area contributed by atoms with Gasteiger partial charge in [-0.05, 0) is 6.42 Å². The minimum absolute atomic E-state index is 0.189. The van der Waals surface area contributed by atoms with Crippen LogP contribution in [0.5, 0.6) is 0 Å². The Morgan fingerprint density at radius 3 is 2.56 bits per heavy atom. The lowest BCUT2D eigenvalue weighted by Gasteiger charge is -2.21. The monoisotopic (exact) mass is 223 g/mol. The summed E-state index contributed by atoms with van der Waals surface area (Å²) < 4.78 is 0. The zero-order chi connectivity index (χ0) is 11.9. The molecule has 86 valence electrons. The van der Waals surface area contributed by atoms with E-state index in [0.29, 0.717) is 6.42 Å².